The first-order chi connectivity index (χ1) is 15.5. The highest BCUT2D eigenvalue weighted by Gasteiger charge is 2.10. The average Bonchev–Trinajstić information content (AvgIpc) is 3.23. The summed E-state index contributed by atoms with van der Waals surface area (Å²) in [6.45, 7) is 13.1. The van der Waals surface area contributed by atoms with Crippen LogP contribution in [0.25, 0.3) is 12.2 Å². The largest absolute Gasteiger partial charge is 0.463 e. The van der Waals surface area contributed by atoms with Crippen molar-refractivity contribution in [3.63, 3.8) is 0 Å². The second-order valence-electron chi connectivity index (χ2n) is 6.03. The molecule has 0 aliphatic carbocycles. The molecule has 0 saturated carbocycles. The van der Waals surface area contributed by atoms with Gasteiger partial charge in [0, 0.05) is 18.2 Å². The number of carbonyl (C=O) groups is 3. The summed E-state index contributed by atoms with van der Waals surface area (Å²) >= 11 is 0. The lowest BCUT2D eigenvalue weighted by Gasteiger charge is -1.97. The van der Waals surface area contributed by atoms with Crippen LogP contribution in [0.3, 0.4) is 0 Å². The summed E-state index contributed by atoms with van der Waals surface area (Å²) in [6, 6.07) is 20.1. The van der Waals surface area contributed by atoms with Crippen LogP contribution in [0.4, 0.5) is 0 Å². The van der Waals surface area contributed by atoms with E-state index < -0.39 is 11.9 Å². The van der Waals surface area contributed by atoms with E-state index in [0.29, 0.717) is 6.61 Å². The van der Waals surface area contributed by atoms with E-state index in [1.807, 2.05) is 79.7 Å². The van der Waals surface area contributed by atoms with Gasteiger partial charge < -0.3 is 9.47 Å². The zero-order valence-corrected chi connectivity index (χ0v) is 18.4. The Morgan fingerprint density at radius 3 is 1.53 bits per heavy atom. The highest BCUT2D eigenvalue weighted by atomic mass is 16.6. The second kappa shape index (κ2) is 19.0. The third-order valence-electron chi connectivity index (χ3n) is 3.54. The predicted octanol–water partition coefficient (Wildman–Crippen LogP) is 5.80. The Kier molecular flexibility index (Phi) is 16.6. The molecular weight excluding hydrogens is 404 g/mol. The van der Waals surface area contributed by atoms with Crippen LogP contribution in [0.15, 0.2) is 98.6 Å². The van der Waals surface area contributed by atoms with Crippen LogP contribution < -0.4 is 0 Å². The number of benzene rings is 2. The van der Waals surface area contributed by atoms with E-state index in [0.717, 1.165) is 25.0 Å². The van der Waals surface area contributed by atoms with Crippen LogP contribution >= 0.6 is 0 Å². The van der Waals surface area contributed by atoms with Gasteiger partial charge in [0.15, 0.2) is 0 Å². The quantitative estimate of drug-likeness (QED) is 0.249. The zero-order valence-electron chi connectivity index (χ0n) is 18.4. The summed E-state index contributed by atoms with van der Waals surface area (Å²) in [5.74, 6) is -1.49. The molecule has 2 aromatic carbocycles. The van der Waals surface area contributed by atoms with Gasteiger partial charge in [-0.3, -0.25) is 0 Å². The number of unbranched alkanes of at least 4 members (excludes halogenated alkanes) is 1. The van der Waals surface area contributed by atoms with Crippen molar-refractivity contribution in [2.45, 2.75) is 19.8 Å². The molecule has 3 rings (SSSR count). The monoisotopic (exact) mass is 434 g/mol. The zero-order chi connectivity index (χ0) is 24.0. The minimum atomic E-state index is -0.579. The van der Waals surface area contributed by atoms with Crippen molar-refractivity contribution in [2.24, 2.45) is 0 Å². The first-order valence-electron chi connectivity index (χ1n) is 10.0. The lowest BCUT2D eigenvalue weighted by atomic mass is 10.2. The third-order valence-corrected chi connectivity index (χ3v) is 3.54. The minimum Gasteiger partial charge on any atom is -0.463 e. The van der Waals surface area contributed by atoms with Gasteiger partial charge in [-0.05, 0) is 17.5 Å². The molecule has 1 heterocycles. The fraction of sp³-hybridized carbons (Fsp3) is 0.148. The van der Waals surface area contributed by atoms with Crippen molar-refractivity contribution in [2.75, 3.05) is 6.61 Å². The van der Waals surface area contributed by atoms with Gasteiger partial charge in [0.25, 0.3) is 0 Å². The van der Waals surface area contributed by atoms with E-state index in [9.17, 15) is 14.4 Å². The lowest BCUT2D eigenvalue weighted by molar-refractivity contribution is -0.150. The van der Waals surface area contributed by atoms with E-state index in [2.05, 4.69) is 29.2 Å². The predicted molar refractivity (Wildman–Crippen MR) is 129 cm³/mol. The van der Waals surface area contributed by atoms with Crippen molar-refractivity contribution in [3.8, 4) is 0 Å². The molecule has 0 fully saturated rings. The van der Waals surface area contributed by atoms with Crippen LogP contribution in [0, 0.1) is 0 Å². The molecule has 1 aliphatic rings. The Morgan fingerprint density at radius 2 is 1.28 bits per heavy atom. The lowest BCUT2D eigenvalue weighted by Crippen LogP contribution is -2.00. The molecule has 2 aromatic rings. The van der Waals surface area contributed by atoms with Crippen LogP contribution in [-0.2, 0) is 23.9 Å². The molecule has 0 N–H and O–H groups in total. The molecule has 5 nitrogen and oxygen atoms in total. The summed E-state index contributed by atoms with van der Waals surface area (Å²) in [6.07, 6.45) is 8.99. The number of carbonyl (C=O) groups excluding carboxylic acids is 3. The summed E-state index contributed by atoms with van der Waals surface area (Å²) < 4.78 is 8.65. The van der Waals surface area contributed by atoms with Crippen molar-refractivity contribution in [1.82, 2.24) is 0 Å². The molecule has 32 heavy (non-hydrogen) atoms. The molecule has 5 heteroatoms. The van der Waals surface area contributed by atoms with Crippen LogP contribution in [0.2, 0.25) is 0 Å². The van der Waals surface area contributed by atoms with Crippen molar-refractivity contribution < 1.29 is 23.9 Å². The number of cyclic esters (lactones) is 2. The second-order valence-corrected chi connectivity index (χ2v) is 6.03. The molecular formula is C27H30O5. The van der Waals surface area contributed by atoms with E-state index in [1.165, 1.54) is 17.2 Å². The van der Waals surface area contributed by atoms with Gasteiger partial charge in [-0.2, -0.15) is 0 Å². The van der Waals surface area contributed by atoms with Gasteiger partial charge in [0.05, 0.1) is 6.61 Å². The molecule has 0 saturated heterocycles. The Hall–Kier alpha value is -3.99. The van der Waals surface area contributed by atoms with E-state index >= 15 is 0 Å². The topological polar surface area (TPSA) is 69.7 Å². The molecule has 0 unspecified atom stereocenters. The Morgan fingerprint density at radius 1 is 0.844 bits per heavy atom. The van der Waals surface area contributed by atoms with E-state index in [-0.39, 0.29) is 5.97 Å². The smallest absolute Gasteiger partial charge is 0.338 e. The van der Waals surface area contributed by atoms with Gasteiger partial charge >= 0.3 is 17.9 Å². The van der Waals surface area contributed by atoms with Crippen LogP contribution in [-0.4, -0.2) is 24.5 Å². The molecule has 0 amide bonds. The minimum absolute atomic E-state index is 0.330. The number of rotatable bonds is 6. The van der Waals surface area contributed by atoms with Crippen molar-refractivity contribution in [3.05, 3.63) is 110 Å². The summed E-state index contributed by atoms with van der Waals surface area (Å²) in [5.41, 5.74) is 2.35. The molecule has 0 spiro atoms. The Labute approximate surface area is 190 Å². The van der Waals surface area contributed by atoms with Crippen LogP contribution in [0.5, 0.6) is 0 Å². The molecule has 0 radical (unpaired) electrons. The molecule has 0 bridgehead atoms. The third kappa shape index (κ3) is 15.9. The molecule has 168 valence electrons. The van der Waals surface area contributed by atoms with E-state index in [1.54, 1.807) is 0 Å². The normalized spacial score (nSPS) is 10.5. The van der Waals surface area contributed by atoms with Gasteiger partial charge in [0.1, 0.15) is 0 Å². The maximum absolute atomic E-state index is 10.3. The van der Waals surface area contributed by atoms with E-state index in [4.69, 9.17) is 0 Å². The number of hydrogen-bond donors (Lipinski definition) is 0. The summed E-state index contributed by atoms with van der Waals surface area (Å²) in [7, 11) is 0. The number of esters is 3. The van der Waals surface area contributed by atoms with Gasteiger partial charge in [-0.15, -0.1) is 0 Å². The van der Waals surface area contributed by atoms with Crippen LogP contribution in [0.1, 0.15) is 30.9 Å². The van der Waals surface area contributed by atoms with Gasteiger partial charge in [0.2, 0.25) is 0 Å². The number of ether oxygens (including phenoxy) is 2. The van der Waals surface area contributed by atoms with Crippen molar-refractivity contribution in [1.29, 1.82) is 0 Å². The highest BCUT2D eigenvalue weighted by Crippen LogP contribution is 1.98. The van der Waals surface area contributed by atoms with Crippen molar-refractivity contribution >= 4 is 30.1 Å². The SMILES string of the molecule is C=CC(=O)OCCCC.C=Cc1ccccc1.C=Cc1ccccc1.O=C1C=CC(=O)O1. The summed E-state index contributed by atoms with van der Waals surface area (Å²) in [5, 5.41) is 0. The fourth-order valence-electron chi connectivity index (χ4n) is 1.86. The highest BCUT2D eigenvalue weighted by molar-refractivity contribution is 6.04. The molecule has 1 aliphatic heterocycles. The molecule has 0 atom stereocenters. The Balaban J connectivity index is 0.000000401. The average molecular weight is 435 g/mol. The number of hydrogen-bond acceptors (Lipinski definition) is 5. The standard InChI is InChI=1S/2C8H8.C7H12O2.C4H2O3/c2*1-2-8-6-4-3-5-7-8;1-3-5-6-9-7(8)4-2;5-3-1-2-4(6)7-3/h2*2-7H,1H2;4H,2-3,5-6H2,1H3;1-2H. The maximum atomic E-state index is 10.3. The van der Waals surface area contributed by atoms with Gasteiger partial charge in [-0.1, -0.05) is 106 Å². The van der Waals surface area contributed by atoms with Gasteiger partial charge in [-0.25, -0.2) is 14.4 Å². The first kappa shape index (κ1) is 28.0. The first-order valence-corrected chi connectivity index (χ1v) is 10.0. The fourth-order valence-corrected chi connectivity index (χ4v) is 1.86. The molecule has 0 aromatic heterocycles. The maximum Gasteiger partial charge on any atom is 0.338 e. The Bertz CT molecular complexity index is 808. The summed E-state index contributed by atoms with van der Waals surface area (Å²) in [4.78, 5) is 30.2.